The van der Waals surface area contributed by atoms with Crippen LogP contribution in [0.25, 0.3) is 22.2 Å². The van der Waals surface area contributed by atoms with Gasteiger partial charge in [-0.3, -0.25) is 9.48 Å². The summed E-state index contributed by atoms with van der Waals surface area (Å²) in [5.41, 5.74) is 2.58. The summed E-state index contributed by atoms with van der Waals surface area (Å²) in [6.07, 6.45) is 2.49. The molecule has 10 nitrogen and oxygen atoms in total. The molecular formula is C24H22N4O6S. The minimum atomic E-state index is -4.21. The van der Waals surface area contributed by atoms with Crippen LogP contribution < -0.4 is 14.2 Å². The normalized spacial score (nSPS) is 12.7. The van der Waals surface area contributed by atoms with Crippen molar-refractivity contribution in [3.63, 3.8) is 0 Å². The molecular weight excluding hydrogens is 472 g/mol. The van der Waals surface area contributed by atoms with Crippen LogP contribution in [0.3, 0.4) is 0 Å². The molecule has 0 fully saturated rings. The molecule has 5 rings (SSSR count). The lowest BCUT2D eigenvalue weighted by molar-refractivity contribution is -0.604. The molecule has 2 N–H and O–H groups in total. The third-order valence-corrected chi connectivity index (χ3v) is 7.09. The lowest BCUT2D eigenvalue weighted by Gasteiger charge is -2.17. The summed E-state index contributed by atoms with van der Waals surface area (Å²) in [5, 5.41) is 29.1. The summed E-state index contributed by atoms with van der Waals surface area (Å²) in [6.45, 7) is 3.19. The monoisotopic (exact) mass is 494 g/mol. The van der Waals surface area contributed by atoms with E-state index in [0.29, 0.717) is 46.5 Å². The Labute approximate surface area is 201 Å². The number of aliphatic hydroxyl groups excluding tert-OH is 1. The zero-order valence-electron chi connectivity index (χ0n) is 18.8. The fraction of sp³-hybridized carbons (Fsp3) is 0.208. The van der Waals surface area contributed by atoms with Crippen LogP contribution in [-0.4, -0.2) is 48.8 Å². The Morgan fingerprint density at radius 1 is 1.11 bits per heavy atom. The molecule has 1 aliphatic rings. The molecule has 2 heterocycles. The largest absolute Gasteiger partial charge is 0.619 e. The molecule has 0 spiro atoms. The average Bonchev–Trinajstić information content (AvgIpc) is 3.20. The first-order chi connectivity index (χ1) is 16.8. The van der Waals surface area contributed by atoms with Crippen LogP contribution in [0.4, 0.5) is 0 Å². The minimum Gasteiger partial charge on any atom is -0.619 e. The number of hydrogen-bond acceptors (Lipinski definition) is 8. The lowest BCUT2D eigenvalue weighted by atomic mass is 9.88. The topological polar surface area (TPSA) is 137 Å². The van der Waals surface area contributed by atoms with E-state index in [2.05, 4.69) is 10.4 Å². The van der Waals surface area contributed by atoms with Crippen molar-refractivity contribution in [2.75, 3.05) is 19.7 Å². The van der Waals surface area contributed by atoms with E-state index in [1.54, 1.807) is 22.9 Å². The van der Waals surface area contributed by atoms with E-state index in [-0.39, 0.29) is 28.4 Å². The van der Waals surface area contributed by atoms with Gasteiger partial charge in [0.15, 0.2) is 23.9 Å². The van der Waals surface area contributed by atoms with Gasteiger partial charge in [-0.05, 0) is 31.2 Å². The highest BCUT2D eigenvalue weighted by molar-refractivity contribution is 7.87. The maximum Gasteiger partial charge on any atom is 0.339 e. The fourth-order valence-electron chi connectivity index (χ4n) is 4.17. The van der Waals surface area contributed by atoms with Gasteiger partial charge in [0, 0.05) is 30.1 Å². The van der Waals surface area contributed by atoms with Gasteiger partial charge in [-0.15, -0.1) is 0 Å². The molecule has 1 aliphatic carbocycles. The Kier molecular flexibility index (Phi) is 5.75. The average molecular weight is 495 g/mol. The number of hydrogen-bond donors (Lipinski definition) is 2. The molecule has 4 aromatic rings. The summed E-state index contributed by atoms with van der Waals surface area (Å²) in [5.74, 6) is -0.558. The molecule has 0 saturated heterocycles. The number of aryl methyl sites for hydroxylation is 1. The van der Waals surface area contributed by atoms with Gasteiger partial charge >= 0.3 is 10.1 Å². The zero-order chi connectivity index (χ0) is 24.7. The van der Waals surface area contributed by atoms with E-state index in [0.717, 1.165) is 5.56 Å². The van der Waals surface area contributed by atoms with Gasteiger partial charge < -0.3 is 19.8 Å². The number of nitrogens with one attached hydrogen (secondary N) is 1. The number of carbonyl (C=O) groups is 1. The number of rotatable bonds is 8. The molecule has 0 saturated carbocycles. The summed E-state index contributed by atoms with van der Waals surface area (Å²) >= 11 is 0. The highest BCUT2D eigenvalue weighted by atomic mass is 32.2. The van der Waals surface area contributed by atoms with Gasteiger partial charge in [0.2, 0.25) is 0 Å². The van der Waals surface area contributed by atoms with Gasteiger partial charge in [-0.25, -0.2) is 0 Å². The quantitative estimate of drug-likeness (QED) is 0.143. The maximum atomic E-state index is 13.5. The van der Waals surface area contributed by atoms with Crippen molar-refractivity contribution >= 4 is 26.8 Å². The number of pyridine rings is 1. The Balaban J connectivity index is 1.66. The molecule has 0 aliphatic heterocycles. The Bertz CT molecular complexity index is 1560. The van der Waals surface area contributed by atoms with E-state index in [9.17, 15) is 18.4 Å². The van der Waals surface area contributed by atoms with Crippen molar-refractivity contribution < 1.29 is 27.2 Å². The van der Waals surface area contributed by atoms with Crippen LogP contribution in [0.5, 0.6) is 5.75 Å². The maximum absolute atomic E-state index is 13.5. The SMILES string of the molecule is Cc1ccc(S(=O)(=O)Oc2ccc3c4c(nn3CCNCCO)-c3c[n+]([O-])ccc3C(=O)c24)cc1. The van der Waals surface area contributed by atoms with E-state index in [1.807, 2.05) is 6.92 Å². The first-order valence-corrected chi connectivity index (χ1v) is 12.3. The first-order valence-electron chi connectivity index (χ1n) is 10.9. The van der Waals surface area contributed by atoms with Crippen LogP contribution >= 0.6 is 0 Å². The zero-order valence-corrected chi connectivity index (χ0v) is 19.6. The van der Waals surface area contributed by atoms with Crippen molar-refractivity contribution in [3.05, 3.63) is 76.8 Å². The second-order valence-electron chi connectivity index (χ2n) is 8.19. The number of benzene rings is 2. The van der Waals surface area contributed by atoms with Crippen LogP contribution in [-0.2, 0) is 16.7 Å². The molecule has 180 valence electrons. The molecule has 11 heteroatoms. The number of aromatic nitrogens is 3. The lowest BCUT2D eigenvalue weighted by Crippen LogP contribution is -2.27. The van der Waals surface area contributed by atoms with E-state index >= 15 is 0 Å². The van der Waals surface area contributed by atoms with Gasteiger partial charge in [0.05, 0.1) is 29.8 Å². The molecule has 0 radical (unpaired) electrons. The standard InChI is InChI=1S/C24H22N4O6S/c1-15-2-4-16(5-3-15)35(32,33)34-20-7-6-19-21-22(20)24(30)17-8-11-27(31)14-18(17)23(21)26-28(19)12-9-25-10-13-29/h2-8,11,14,25,29H,9-10,12-13H2,1H3. The van der Waals surface area contributed by atoms with Gasteiger partial charge in [-0.1, -0.05) is 17.7 Å². The van der Waals surface area contributed by atoms with Gasteiger partial charge in [0.1, 0.15) is 10.6 Å². The Morgan fingerprint density at radius 2 is 1.89 bits per heavy atom. The highest BCUT2D eigenvalue weighted by Crippen LogP contribution is 2.42. The van der Waals surface area contributed by atoms with E-state index in [1.165, 1.54) is 36.7 Å². The Hall–Kier alpha value is -3.80. The summed E-state index contributed by atoms with van der Waals surface area (Å²) in [4.78, 5) is 13.5. The summed E-state index contributed by atoms with van der Waals surface area (Å²) in [6, 6.07) is 10.7. The molecule has 0 amide bonds. The van der Waals surface area contributed by atoms with Crippen LogP contribution in [0, 0.1) is 12.1 Å². The van der Waals surface area contributed by atoms with Crippen molar-refractivity contribution in [3.8, 4) is 17.0 Å². The van der Waals surface area contributed by atoms with Crippen molar-refractivity contribution in [1.29, 1.82) is 0 Å². The van der Waals surface area contributed by atoms with Crippen LogP contribution in [0.1, 0.15) is 21.5 Å². The fourth-order valence-corrected chi connectivity index (χ4v) is 5.11. The molecule has 0 unspecified atom stereocenters. The number of fused-ring (bicyclic) bond motifs is 2. The van der Waals surface area contributed by atoms with Gasteiger partial charge in [-0.2, -0.15) is 18.2 Å². The van der Waals surface area contributed by atoms with Crippen molar-refractivity contribution in [2.24, 2.45) is 0 Å². The number of carbonyl (C=O) groups excluding carboxylic acids is 1. The minimum absolute atomic E-state index is 0.00319. The third-order valence-electron chi connectivity index (χ3n) is 5.84. The molecule has 2 aromatic carbocycles. The number of nitrogens with zero attached hydrogens (tertiary/aromatic N) is 3. The third kappa shape index (κ3) is 4.03. The molecule has 0 bridgehead atoms. The molecule has 35 heavy (non-hydrogen) atoms. The molecule has 0 atom stereocenters. The van der Waals surface area contributed by atoms with Crippen molar-refractivity contribution in [1.82, 2.24) is 15.1 Å². The van der Waals surface area contributed by atoms with Crippen molar-refractivity contribution in [2.45, 2.75) is 18.4 Å². The van der Waals surface area contributed by atoms with E-state index < -0.39 is 15.9 Å². The smallest absolute Gasteiger partial charge is 0.339 e. The molecule has 2 aromatic heterocycles. The first kappa shape index (κ1) is 23.0. The van der Waals surface area contributed by atoms with Gasteiger partial charge in [0.25, 0.3) is 0 Å². The summed E-state index contributed by atoms with van der Waals surface area (Å²) < 4.78 is 33.8. The number of ketones is 1. The second kappa shape index (κ2) is 8.77. The second-order valence-corrected chi connectivity index (χ2v) is 9.74. The summed E-state index contributed by atoms with van der Waals surface area (Å²) in [7, 11) is -4.21. The van der Waals surface area contributed by atoms with E-state index in [4.69, 9.17) is 9.29 Å². The predicted octanol–water partition coefficient (Wildman–Crippen LogP) is 1.54. The van der Waals surface area contributed by atoms with Crippen LogP contribution in [0.2, 0.25) is 0 Å². The Morgan fingerprint density at radius 3 is 2.63 bits per heavy atom. The predicted molar refractivity (Wildman–Crippen MR) is 127 cm³/mol. The number of aliphatic hydroxyl groups is 1. The highest BCUT2D eigenvalue weighted by Gasteiger charge is 2.34. The van der Waals surface area contributed by atoms with Crippen LogP contribution in [0.15, 0.2) is 59.8 Å².